The molecule has 0 bridgehead atoms. The SMILES string of the molecule is C/C(=N\c1ccccc1)c1ccccc1C1C=Cc2ccccc21. The number of hydrogen-bond acceptors (Lipinski definition) is 1. The van der Waals surface area contributed by atoms with Crippen molar-refractivity contribution in [1.82, 2.24) is 0 Å². The minimum Gasteiger partial charge on any atom is -0.253 e. The number of fused-ring (bicyclic) bond motifs is 1. The zero-order valence-electron chi connectivity index (χ0n) is 13.7. The van der Waals surface area contributed by atoms with E-state index in [1.165, 1.54) is 22.3 Å². The van der Waals surface area contributed by atoms with Gasteiger partial charge >= 0.3 is 0 Å². The molecule has 0 radical (unpaired) electrons. The maximum absolute atomic E-state index is 4.81. The molecule has 3 aromatic rings. The molecule has 1 nitrogen and oxygen atoms in total. The van der Waals surface area contributed by atoms with Gasteiger partial charge in [0.1, 0.15) is 0 Å². The van der Waals surface area contributed by atoms with Crippen molar-refractivity contribution in [3.63, 3.8) is 0 Å². The van der Waals surface area contributed by atoms with Crippen LogP contribution in [-0.2, 0) is 0 Å². The third-order valence-corrected chi connectivity index (χ3v) is 4.54. The zero-order valence-corrected chi connectivity index (χ0v) is 13.7. The second-order valence-corrected chi connectivity index (χ2v) is 6.09. The average Bonchev–Trinajstić information content (AvgIpc) is 3.06. The van der Waals surface area contributed by atoms with Gasteiger partial charge in [0.2, 0.25) is 0 Å². The summed E-state index contributed by atoms with van der Waals surface area (Å²) in [4.78, 5) is 4.81. The highest BCUT2D eigenvalue weighted by Crippen LogP contribution is 2.37. The van der Waals surface area contributed by atoms with Crippen LogP contribution in [0.2, 0.25) is 0 Å². The van der Waals surface area contributed by atoms with Crippen LogP contribution in [0.1, 0.15) is 35.1 Å². The van der Waals surface area contributed by atoms with Crippen molar-refractivity contribution in [3.8, 4) is 0 Å². The van der Waals surface area contributed by atoms with Crippen molar-refractivity contribution in [3.05, 3.63) is 107 Å². The molecule has 1 unspecified atom stereocenters. The largest absolute Gasteiger partial charge is 0.253 e. The molecule has 0 aromatic heterocycles. The standard InChI is InChI=1S/C23H19N/c1-17(24-19-10-3-2-4-11-19)20-12-7-8-14-22(20)23-16-15-18-9-5-6-13-21(18)23/h2-16,23H,1H3/b24-17+. The molecule has 1 atom stereocenters. The summed E-state index contributed by atoms with van der Waals surface area (Å²) in [7, 11) is 0. The fraction of sp³-hybridized carbons (Fsp3) is 0.0870. The summed E-state index contributed by atoms with van der Waals surface area (Å²) in [5.74, 6) is 0.304. The first-order chi connectivity index (χ1) is 11.8. The summed E-state index contributed by atoms with van der Waals surface area (Å²) >= 11 is 0. The van der Waals surface area contributed by atoms with E-state index in [2.05, 4.69) is 67.6 Å². The lowest BCUT2D eigenvalue weighted by atomic mass is 9.88. The minimum absolute atomic E-state index is 0.304. The molecular formula is C23H19N. The van der Waals surface area contributed by atoms with Crippen LogP contribution >= 0.6 is 0 Å². The summed E-state index contributed by atoms with van der Waals surface area (Å²) in [6.45, 7) is 2.09. The summed E-state index contributed by atoms with van der Waals surface area (Å²) in [6.07, 6.45) is 4.51. The summed E-state index contributed by atoms with van der Waals surface area (Å²) < 4.78 is 0. The van der Waals surface area contributed by atoms with Crippen LogP contribution in [0, 0.1) is 0 Å². The first kappa shape index (κ1) is 14.6. The zero-order chi connectivity index (χ0) is 16.4. The van der Waals surface area contributed by atoms with Crippen molar-refractivity contribution in [2.24, 2.45) is 4.99 Å². The lowest BCUT2D eigenvalue weighted by Crippen LogP contribution is -2.05. The summed E-state index contributed by atoms with van der Waals surface area (Å²) in [5.41, 5.74) is 7.26. The van der Waals surface area contributed by atoms with Crippen molar-refractivity contribution < 1.29 is 0 Å². The average molecular weight is 309 g/mol. The third-order valence-electron chi connectivity index (χ3n) is 4.54. The molecule has 0 saturated carbocycles. The molecule has 1 aliphatic rings. The van der Waals surface area contributed by atoms with Crippen LogP contribution in [0.25, 0.3) is 6.08 Å². The normalized spacial score (nSPS) is 16.2. The first-order valence-corrected chi connectivity index (χ1v) is 8.30. The van der Waals surface area contributed by atoms with Crippen LogP contribution in [0.3, 0.4) is 0 Å². The van der Waals surface area contributed by atoms with E-state index in [1.807, 2.05) is 30.3 Å². The second-order valence-electron chi connectivity index (χ2n) is 6.09. The molecule has 0 heterocycles. The molecule has 0 saturated heterocycles. The number of aliphatic imine (C=N–C) groups is 1. The van der Waals surface area contributed by atoms with E-state index in [4.69, 9.17) is 4.99 Å². The number of hydrogen-bond donors (Lipinski definition) is 0. The van der Waals surface area contributed by atoms with E-state index >= 15 is 0 Å². The maximum atomic E-state index is 4.81. The van der Waals surface area contributed by atoms with Crippen LogP contribution in [0.15, 0.2) is 89.9 Å². The number of allylic oxidation sites excluding steroid dienone is 1. The highest BCUT2D eigenvalue weighted by atomic mass is 14.7. The van der Waals surface area contributed by atoms with Gasteiger partial charge in [-0.15, -0.1) is 0 Å². The highest BCUT2D eigenvalue weighted by Gasteiger charge is 2.21. The Balaban J connectivity index is 1.77. The Morgan fingerprint density at radius 2 is 1.42 bits per heavy atom. The van der Waals surface area contributed by atoms with Gasteiger partial charge in [-0.3, -0.25) is 4.99 Å². The van der Waals surface area contributed by atoms with Gasteiger partial charge < -0.3 is 0 Å². The number of nitrogens with zero attached hydrogens (tertiary/aromatic N) is 1. The number of benzene rings is 3. The molecule has 1 aliphatic carbocycles. The fourth-order valence-electron chi connectivity index (χ4n) is 3.37. The van der Waals surface area contributed by atoms with Gasteiger partial charge in [-0.2, -0.15) is 0 Å². The Bertz CT molecular complexity index is 920. The van der Waals surface area contributed by atoms with Crippen molar-refractivity contribution in [1.29, 1.82) is 0 Å². The van der Waals surface area contributed by atoms with E-state index in [1.54, 1.807) is 0 Å². The van der Waals surface area contributed by atoms with Crippen molar-refractivity contribution in [2.45, 2.75) is 12.8 Å². The van der Waals surface area contributed by atoms with Gasteiger partial charge in [-0.25, -0.2) is 0 Å². The van der Waals surface area contributed by atoms with Crippen molar-refractivity contribution >= 4 is 17.5 Å². The molecule has 116 valence electrons. The van der Waals surface area contributed by atoms with Crippen LogP contribution in [-0.4, -0.2) is 5.71 Å². The smallest absolute Gasteiger partial charge is 0.0633 e. The third kappa shape index (κ3) is 2.69. The molecule has 4 rings (SSSR count). The Kier molecular flexibility index (Phi) is 3.84. The maximum Gasteiger partial charge on any atom is 0.0633 e. The summed E-state index contributed by atoms with van der Waals surface area (Å²) in [6, 6.07) is 27.4. The van der Waals surface area contributed by atoms with Gasteiger partial charge in [-0.05, 0) is 41.3 Å². The van der Waals surface area contributed by atoms with Gasteiger partial charge in [0, 0.05) is 11.6 Å². The Morgan fingerprint density at radius 1 is 0.750 bits per heavy atom. The first-order valence-electron chi connectivity index (χ1n) is 8.30. The monoisotopic (exact) mass is 309 g/mol. The molecular weight excluding hydrogens is 290 g/mol. The lowest BCUT2D eigenvalue weighted by Gasteiger charge is -2.16. The van der Waals surface area contributed by atoms with E-state index in [-0.39, 0.29) is 0 Å². The van der Waals surface area contributed by atoms with Crippen LogP contribution in [0.5, 0.6) is 0 Å². The molecule has 0 fully saturated rings. The molecule has 0 aliphatic heterocycles. The Hall–Kier alpha value is -2.93. The predicted octanol–water partition coefficient (Wildman–Crippen LogP) is 5.99. The number of para-hydroxylation sites is 1. The van der Waals surface area contributed by atoms with E-state index < -0.39 is 0 Å². The molecule has 0 spiro atoms. The molecule has 0 amide bonds. The van der Waals surface area contributed by atoms with Crippen LogP contribution < -0.4 is 0 Å². The molecule has 24 heavy (non-hydrogen) atoms. The van der Waals surface area contributed by atoms with E-state index in [9.17, 15) is 0 Å². The van der Waals surface area contributed by atoms with Gasteiger partial charge in [-0.1, -0.05) is 78.9 Å². The second kappa shape index (κ2) is 6.29. The van der Waals surface area contributed by atoms with Crippen molar-refractivity contribution in [2.75, 3.05) is 0 Å². The fourth-order valence-corrected chi connectivity index (χ4v) is 3.37. The lowest BCUT2D eigenvalue weighted by molar-refractivity contribution is 1.04. The predicted molar refractivity (Wildman–Crippen MR) is 102 cm³/mol. The summed E-state index contributed by atoms with van der Waals surface area (Å²) in [5, 5.41) is 0. The molecule has 1 heteroatoms. The number of rotatable bonds is 3. The van der Waals surface area contributed by atoms with Gasteiger partial charge in [0.05, 0.1) is 5.69 Å². The Morgan fingerprint density at radius 3 is 2.25 bits per heavy atom. The van der Waals surface area contributed by atoms with Gasteiger partial charge in [0.15, 0.2) is 0 Å². The van der Waals surface area contributed by atoms with E-state index in [0.717, 1.165) is 11.4 Å². The molecule has 0 N–H and O–H groups in total. The van der Waals surface area contributed by atoms with E-state index in [0.29, 0.717) is 5.92 Å². The topological polar surface area (TPSA) is 12.4 Å². The van der Waals surface area contributed by atoms with Gasteiger partial charge in [0.25, 0.3) is 0 Å². The minimum atomic E-state index is 0.304. The Labute approximate surface area is 143 Å². The quantitative estimate of drug-likeness (QED) is 0.527. The molecule has 3 aromatic carbocycles. The highest BCUT2D eigenvalue weighted by molar-refractivity contribution is 6.02. The van der Waals surface area contributed by atoms with Crippen LogP contribution in [0.4, 0.5) is 5.69 Å².